The Hall–Kier alpha value is 0.210. The van der Waals surface area contributed by atoms with Crippen molar-refractivity contribution in [3.05, 3.63) is 0 Å². The van der Waals surface area contributed by atoms with E-state index in [4.69, 9.17) is 16.3 Å². The summed E-state index contributed by atoms with van der Waals surface area (Å²) in [6.45, 7) is 4.28. The van der Waals surface area contributed by atoms with Gasteiger partial charge in [-0.1, -0.05) is 19.8 Å². The van der Waals surface area contributed by atoms with Gasteiger partial charge in [-0.25, -0.2) is 0 Å². The minimum Gasteiger partial charge on any atom is -0.385 e. The molecular formula is C13H26ClNO. The molecule has 1 aliphatic rings. The van der Waals surface area contributed by atoms with Crippen LogP contribution in [-0.2, 0) is 4.74 Å². The maximum Gasteiger partial charge on any atom is 0.0462 e. The summed E-state index contributed by atoms with van der Waals surface area (Å²) in [5.41, 5.74) is 0.215. The lowest BCUT2D eigenvalue weighted by molar-refractivity contribution is 0.184. The quantitative estimate of drug-likeness (QED) is 0.551. The minimum atomic E-state index is 0.215. The van der Waals surface area contributed by atoms with Gasteiger partial charge in [0.05, 0.1) is 0 Å². The lowest BCUT2D eigenvalue weighted by Gasteiger charge is -2.39. The molecule has 1 saturated carbocycles. The molecule has 0 aliphatic heterocycles. The molecule has 0 amide bonds. The number of halogens is 1. The third kappa shape index (κ3) is 4.60. The van der Waals surface area contributed by atoms with E-state index < -0.39 is 0 Å². The molecule has 1 N–H and O–H groups in total. The Labute approximate surface area is 105 Å². The van der Waals surface area contributed by atoms with Crippen molar-refractivity contribution in [1.29, 1.82) is 0 Å². The van der Waals surface area contributed by atoms with Gasteiger partial charge in [-0.15, -0.1) is 11.6 Å². The highest BCUT2D eigenvalue weighted by molar-refractivity contribution is 6.18. The number of methoxy groups -OCH3 is 1. The molecule has 3 heteroatoms. The summed E-state index contributed by atoms with van der Waals surface area (Å²) in [5.74, 6) is 1.57. The van der Waals surface area contributed by atoms with Gasteiger partial charge < -0.3 is 10.1 Å². The Bertz CT molecular complexity index is 189. The predicted octanol–water partition coefficient (Wildman–Crippen LogP) is 3.19. The van der Waals surface area contributed by atoms with E-state index in [2.05, 4.69) is 12.2 Å². The number of alkyl halides is 1. The van der Waals surface area contributed by atoms with E-state index in [1.54, 1.807) is 7.11 Å². The zero-order chi connectivity index (χ0) is 11.9. The molecule has 1 aliphatic carbocycles. The predicted molar refractivity (Wildman–Crippen MR) is 70.2 cm³/mol. The highest BCUT2D eigenvalue weighted by atomic mass is 35.5. The maximum atomic E-state index is 6.16. The lowest BCUT2D eigenvalue weighted by atomic mass is 9.77. The molecule has 16 heavy (non-hydrogen) atoms. The van der Waals surface area contributed by atoms with Crippen LogP contribution in [0, 0.1) is 5.92 Å². The van der Waals surface area contributed by atoms with E-state index in [1.807, 2.05) is 0 Å². The van der Waals surface area contributed by atoms with Crippen LogP contribution in [0.4, 0.5) is 0 Å². The molecule has 2 nitrogen and oxygen atoms in total. The lowest BCUT2D eigenvalue weighted by Crippen LogP contribution is -2.50. The number of unbranched alkanes of at least 4 members (excludes halogenated alkanes) is 1. The average molecular weight is 248 g/mol. The van der Waals surface area contributed by atoms with Crippen molar-refractivity contribution < 1.29 is 4.74 Å². The summed E-state index contributed by atoms with van der Waals surface area (Å²) in [6, 6.07) is 0. The van der Waals surface area contributed by atoms with E-state index in [1.165, 1.54) is 32.1 Å². The molecule has 1 rings (SSSR count). The first-order valence-electron chi connectivity index (χ1n) is 6.52. The van der Waals surface area contributed by atoms with Gasteiger partial charge in [0.15, 0.2) is 0 Å². The van der Waals surface area contributed by atoms with E-state index in [0.717, 1.165) is 31.4 Å². The minimum absolute atomic E-state index is 0.215. The standard InChI is InChI=1S/C13H26ClNO/c1-12-6-5-7-13(10-12,11-14)15-8-3-4-9-16-2/h12,15H,3-11H2,1-2H3. The van der Waals surface area contributed by atoms with Crippen LogP contribution in [0.15, 0.2) is 0 Å². The maximum absolute atomic E-state index is 6.16. The van der Waals surface area contributed by atoms with Gasteiger partial charge in [-0.05, 0) is 38.1 Å². The molecule has 2 unspecified atom stereocenters. The Kier molecular flexibility index (Phi) is 6.71. The molecule has 0 aromatic carbocycles. The van der Waals surface area contributed by atoms with Crippen LogP contribution in [0.2, 0.25) is 0 Å². The van der Waals surface area contributed by atoms with E-state index >= 15 is 0 Å². The average Bonchev–Trinajstić information content (AvgIpc) is 2.29. The van der Waals surface area contributed by atoms with Gasteiger partial charge in [0.1, 0.15) is 0 Å². The number of nitrogens with one attached hydrogen (secondary N) is 1. The first-order chi connectivity index (χ1) is 7.72. The first-order valence-corrected chi connectivity index (χ1v) is 7.06. The molecule has 0 aromatic heterocycles. The zero-order valence-electron chi connectivity index (χ0n) is 10.7. The third-order valence-corrected chi connectivity index (χ3v) is 4.13. The van der Waals surface area contributed by atoms with Crippen LogP contribution in [0.5, 0.6) is 0 Å². The van der Waals surface area contributed by atoms with Crippen molar-refractivity contribution in [2.45, 2.75) is 51.0 Å². The van der Waals surface area contributed by atoms with Crippen LogP contribution in [0.3, 0.4) is 0 Å². The van der Waals surface area contributed by atoms with Gasteiger partial charge in [-0.3, -0.25) is 0 Å². The summed E-state index contributed by atoms with van der Waals surface area (Å²) in [6.07, 6.45) is 7.48. The normalized spacial score (nSPS) is 30.6. The van der Waals surface area contributed by atoms with E-state index in [9.17, 15) is 0 Å². The Morgan fingerprint density at radius 3 is 2.88 bits per heavy atom. The summed E-state index contributed by atoms with van der Waals surface area (Å²) in [7, 11) is 1.76. The molecule has 0 radical (unpaired) electrons. The zero-order valence-corrected chi connectivity index (χ0v) is 11.5. The molecule has 2 atom stereocenters. The van der Waals surface area contributed by atoms with Crippen molar-refractivity contribution in [2.24, 2.45) is 5.92 Å². The molecule has 0 heterocycles. The van der Waals surface area contributed by atoms with Crippen molar-refractivity contribution in [1.82, 2.24) is 5.32 Å². The summed E-state index contributed by atoms with van der Waals surface area (Å²) >= 11 is 6.16. The second-order valence-corrected chi connectivity index (χ2v) is 5.51. The molecule has 1 fully saturated rings. The Morgan fingerprint density at radius 2 is 2.25 bits per heavy atom. The second-order valence-electron chi connectivity index (χ2n) is 5.24. The second kappa shape index (κ2) is 7.52. The van der Waals surface area contributed by atoms with Crippen LogP contribution in [0.25, 0.3) is 0 Å². The van der Waals surface area contributed by atoms with E-state index in [-0.39, 0.29) is 5.54 Å². The van der Waals surface area contributed by atoms with Crippen molar-refractivity contribution in [2.75, 3.05) is 26.1 Å². The largest absolute Gasteiger partial charge is 0.385 e. The van der Waals surface area contributed by atoms with E-state index in [0.29, 0.717) is 0 Å². The molecule has 0 aromatic rings. The molecule has 0 spiro atoms. The van der Waals surface area contributed by atoms with Crippen LogP contribution in [-0.4, -0.2) is 31.7 Å². The third-order valence-electron chi connectivity index (χ3n) is 3.62. The SMILES string of the molecule is COCCCCNC1(CCl)CCCC(C)C1. The monoisotopic (exact) mass is 247 g/mol. The number of rotatable bonds is 7. The van der Waals surface area contributed by atoms with Crippen molar-refractivity contribution in [3.8, 4) is 0 Å². The van der Waals surface area contributed by atoms with Gasteiger partial charge in [0.2, 0.25) is 0 Å². The van der Waals surface area contributed by atoms with Crippen LogP contribution in [0.1, 0.15) is 45.4 Å². The number of hydrogen-bond acceptors (Lipinski definition) is 2. The van der Waals surface area contributed by atoms with Gasteiger partial charge in [0.25, 0.3) is 0 Å². The van der Waals surface area contributed by atoms with Crippen LogP contribution >= 0.6 is 11.6 Å². The summed E-state index contributed by atoms with van der Waals surface area (Å²) < 4.78 is 5.05. The Balaban J connectivity index is 2.24. The highest BCUT2D eigenvalue weighted by Gasteiger charge is 2.33. The first kappa shape index (κ1) is 14.3. The molecule has 0 bridgehead atoms. The smallest absolute Gasteiger partial charge is 0.0462 e. The van der Waals surface area contributed by atoms with Crippen LogP contribution < -0.4 is 5.32 Å². The Morgan fingerprint density at radius 1 is 1.44 bits per heavy atom. The van der Waals surface area contributed by atoms with Gasteiger partial charge >= 0.3 is 0 Å². The fraction of sp³-hybridized carbons (Fsp3) is 1.00. The fourth-order valence-corrected chi connectivity index (χ4v) is 3.05. The molecular weight excluding hydrogens is 222 g/mol. The highest BCUT2D eigenvalue weighted by Crippen LogP contribution is 2.33. The number of ether oxygens (including phenoxy) is 1. The molecule has 0 saturated heterocycles. The topological polar surface area (TPSA) is 21.3 Å². The van der Waals surface area contributed by atoms with Crippen molar-refractivity contribution >= 4 is 11.6 Å². The van der Waals surface area contributed by atoms with Crippen molar-refractivity contribution in [3.63, 3.8) is 0 Å². The summed E-state index contributed by atoms with van der Waals surface area (Å²) in [5, 5.41) is 3.69. The number of hydrogen-bond donors (Lipinski definition) is 1. The van der Waals surface area contributed by atoms with Gasteiger partial charge in [-0.2, -0.15) is 0 Å². The molecule has 96 valence electrons. The van der Waals surface area contributed by atoms with Gasteiger partial charge in [0, 0.05) is 25.1 Å². The summed E-state index contributed by atoms with van der Waals surface area (Å²) in [4.78, 5) is 0. The fourth-order valence-electron chi connectivity index (χ4n) is 2.71.